The maximum atomic E-state index is 11.7. The third-order valence-corrected chi connectivity index (χ3v) is 6.21. The monoisotopic (exact) mass is 406 g/mol. The smallest absolute Gasteiger partial charge is 0.336 e. The van der Waals surface area contributed by atoms with Gasteiger partial charge in [0.05, 0.1) is 0 Å². The molecule has 1 heterocycles. The molecule has 0 aliphatic rings. The van der Waals surface area contributed by atoms with Crippen molar-refractivity contribution in [2.45, 2.75) is 39.5 Å². The predicted molar refractivity (Wildman–Crippen MR) is 131 cm³/mol. The summed E-state index contributed by atoms with van der Waals surface area (Å²) in [6.45, 7) is 8.92. The molecule has 5 aromatic rings. The molecular formula is C29H26O2. The molecule has 154 valence electrons. The van der Waals surface area contributed by atoms with Crippen LogP contribution < -0.4 is 5.63 Å². The Kier molecular flexibility index (Phi) is 4.66. The summed E-state index contributed by atoms with van der Waals surface area (Å²) in [6.07, 6.45) is 0. The van der Waals surface area contributed by atoms with E-state index in [9.17, 15) is 4.79 Å². The van der Waals surface area contributed by atoms with E-state index in [0.29, 0.717) is 17.4 Å². The fourth-order valence-electron chi connectivity index (χ4n) is 4.93. The van der Waals surface area contributed by atoms with Gasteiger partial charge in [-0.05, 0) is 79.9 Å². The molecule has 0 fully saturated rings. The normalized spacial score (nSPS) is 11.9. The highest BCUT2D eigenvalue weighted by Crippen LogP contribution is 2.39. The second-order valence-corrected chi connectivity index (χ2v) is 8.95. The first-order valence-corrected chi connectivity index (χ1v) is 11.0. The molecule has 2 heteroatoms. The quantitative estimate of drug-likeness (QED) is 0.224. The van der Waals surface area contributed by atoms with Gasteiger partial charge in [-0.25, -0.2) is 4.79 Å². The molecule has 0 saturated carbocycles. The number of hydrogen-bond acceptors (Lipinski definition) is 2. The zero-order chi connectivity index (χ0) is 21.7. The van der Waals surface area contributed by atoms with E-state index in [4.69, 9.17) is 4.42 Å². The maximum absolute atomic E-state index is 11.7. The van der Waals surface area contributed by atoms with E-state index in [-0.39, 0.29) is 5.63 Å². The van der Waals surface area contributed by atoms with E-state index in [1.807, 2.05) is 12.1 Å². The minimum absolute atomic E-state index is 0.295. The fraction of sp³-hybridized carbons (Fsp3) is 0.207. The average Bonchev–Trinajstić information content (AvgIpc) is 2.75. The third-order valence-electron chi connectivity index (χ3n) is 6.21. The van der Waals surface area contributed by atoms with Crippen molar-refractivity contribution in [1.82, 2.24) is 0 Å². The van der Waals surface area contributed by atoms with Gasteiger partial charge in [-0.2, -0.15) is 0 Å². The molecule has 0 aliphatic carbocycles. The lowest BCUT2D eigenvalue weighted by Crippen LogP contribution is -2.00. The van der Waals surface area contributed by atoms with Crippen molar-refractivity contribution in [3.63, 3.8) is 0 Å². The van der Waals surface area contributed by atoms with Crippen molar-refractivity contribution in [2.24, 2.45) is 0 Å². The van der Waals surface area contributed by atoms with Crippen LogP contribution in [0.5, 0.6) is 0 Å². The highest BCUT2D eigenvalue weighted by Gasteiger charge is 2.16. The first kappa shape index (κ1) is 19.6. The molecule has 0 N–H and O–H groups in total. The number of hydrogen-bond donors (Lipinski definition) is 0. The molecule has 0 atom stereocenters. The van der Waals surface area contributed by atoms with Crippen molar-refractivity contribution in [3.05, 3.63) is 94.3 Å². The molecule has 0 spiro atoms. The van der Waals surface area contributed by atoms with Crippen LogP contribution in [0.2, 0.25) is 0 Å². The SMILES string of the molecule is CC(C)c1c2ccccc2cc2ccc(-c3ccc4oc(=O)ccc4c3C(C)C)cc12. The second kappa shape index (κ2) is 7.39. The lowest BCUT2D eigenvalue weighted by molar-refractivity contribution is 0.560. The van der Waals surface area contributed by atoms with E-state index in [0.717, 1.165) is 5.39 Å². The summed E-state index contributed by atoms with van der Waals surface area (Å²) in [5, 5.41) is 6.20. The minimum atomic E-state index is -0.311. The lowest BCUT2D eigenvalue weighted by Gasteiger charge is -2.18. The molecule has 31 heavy (non-hydrogen) atoms. The zero-order valence-electron chi connectivity index (χ0n) is 18.4. The van der Waals surface area contributed by atoms with Gasteiger partial charge in [-0.3, -0.25) is 0 Å². The van der Waals surface area contributed by atoms with E-state index < -0.39 is 0 Å². The summed E-state index contributed by atoms with van der Waals surface area (Å²) in [4.78, 5) is 11.7. The number of benzene rings is 4. The van der Waals surface area contributed by atoms with Crippen LogP contribution in [0.15, 0.2) is 82.0 Å². The second-order valence-electron chi connectivity index (χ2n) is 8.95. The minimum Gasteiger partial charge on any atom is -0.423 e. The molecule has 0 aliphatic heterocycles. The first-order valence-electron chi connectivity index (χ1n) is 11.0. The Bertz CT molecular complexity index is 1500. The van der Waals surface area contributed by atoms with Crippen LogP contribution in [-0.4, -0.2) is 0 Å². The molecule has 2 nitrogen and oxygen atoms in total. The van der Waals surface area contributed by atoms with Gasteiger partial charge in [0.25, 0.3) is 0 Å². The van der Waals surface area contributed by atoms with Crippen molar-refractivity contribution >= 4 is 32.5 Å². The summed E-state index contributed by atoms with van der Waals surface area (Å²) in [5.41, 5.74) is 5.34. The van der Waals surface area contributed by atoms with Crippen LogP contribution in [0.1, 0.15) is 50.7 Å². The summed E-state index contributed by atoms with van der Waals surface area (Å²) in [6, 6.07) is 25.2. The first-order chi connectivity index (χ1) is 14.9. The summed E-state index contributed by atoms with van der Waals surface area (Å²) in [7, 11) is 0. The van der Waals surface area contributed by atoms with Gasteiger partial charge in [0.15, 0.2) is 0 Å². The third kappa shape index (κ3) is 3.23. The van der Waals surface area contributed by atoms with Crippen molar-refractivity contribution in [1.29, 1.82) is 0 Å². The van der Waals surface area contributed by atoms with Gasteiger partial charge in [-0.15, -0.1) is 0 Å². The predicted octanol–water partition coefficient (Wildman–Crippen LogP) is 8.01. The Morgan fingerprint density at radius 1 is 0.645 bits per heavy atom. The van der Waals surface area contributed by atoms with E-state index in [1.165, 1.54) is 49.9 Å². The molecule has 0 saturated heterocycles. The van der Waals surface area contributed by atoms with Gasteiger partial charge in [0, 0.05) is 11.5 Å². The van der Waals surface area contributed by atoms with Crippen molar-refractivity contribution < 1.29 is 4.42 Å². The van der Waals surface area contributed by atoms with E-state index in [1.54, 1.807) is 0 Å². The van der Waals surface area contributed by atoms with Crippen LogP contribution in [0.25, 0.3) is 43.6 Å². The Labute approximate surface area is 182 Å². The molecule has 1 aromatic heterocycles. The van der Waals surface area contributed by atoms with Crippen LogP contribution >= 0.6 is 0 Å². The summed E-state index contributed by atoms with van der Waals surface area (Å²) in [5.74, 6) is 0.711. The Morgan fingerprint density at radius 3 is 2.16 bits per heavy atom. The van der Waals surface area contributed by atoms with Gasteiger partial charge < -0.3 is 4.42 Å². The molecule has 0 unspecified atom stereocenters. The van der Waals surface area contributed by atoms with Crippen molar-refractivity contribution in [3.8, 4) is 11.1 Å². The largest absolute Gasteiger partial charge is 0.423 e. The standard InChI is InChI=1S/C29H26O2/c1-17(2)28-23(11-13-26-24(28)12-14-27(30)31-26)21-10-9-20-15-19-7-5-6-8-22(19)29(18(3)4)25(20)16-21/h5-18H,1-4H3. The van der Waals surface area contributed by atoms with Gasteiger partial charge in [-0.1, -0.05) is 70.2 Å². The highest BCUT2D eigenvalue weighted by molar-refractivity contribution is 6.04. The highest BCUT2D eigenvalue weighted by atomic mass is 16.4. The van der Waals surface area contributed by atoms with E-state index in [2.05, 4.69) is 82.3 Å². The van der Waals surface area contributed by atoms with Crippen LogP contribution in [-0.2, 0) is 0 Å². The molecule has 0 amide bonds. The zero-order valence-corrected chi connectivity index (χ0v) is 18.4. The van der Waals surface area contributed by atoms with Crippen LogP contribution in [0, 0.1) is 0 Å². The number of rotatable bonds is 3. The Balaban J connectivity index is 1.84. The van der Waals surface area contributed by atoms with Gasteiger partial charge in [0.1, 0.15) is 5.58 Å². The summed E-state index contributed by atoms with van der Waals surface area (Å²) < 4.78 is 5.46. The van der Waals surface area contributed by atoms with Crippen LogP contribution in [0.4, 0.5) is 0 Å². The Morgan fingerprint density at radius 2 is 1.39 bits per heavy atom. The summed E-state index contributed by atoms with van der Waals surface area (Å²) >= 11 is 0. The fourth-order valence-corrected chi connectivity index (χ4v) is 4.93. The topological polar surface area (TPSA) is 30.2 Å². The molecule has 0 bridgehead atoms. The lowest BCUT2D eigenvalue weighted by atomic mass is 9.86. The van der Waals surface area contributed by atoms with Gasteiger partial charge >= 0.3 is 5.63 Å². The maximum Gasteiger partial charge on any atom is 0.336 e. The molecular weight excluding hydrogens is 380 g/mol. The van der Waals surface area contributed by atoms with Crippen molar-refractivity contribution in [2.75, 3.05) is 0 Å². The average molecular weight is 407 g/mol. The van der Waals surface area contributed by atoms with E-state index >= 15 is 0 Å². The van der Waals surface area contributed by atoms with Gasteiger partial charge in [0.2, 0.25) is 0 Å². The number of fused-ring (bicyclic) bond motifs is 3. The Hall–Kier alpha value is -3.39. The molecule has 5 rings (SSSR count). The molecule has 0 radical (unpaired) electrons. The molecule has 4 aromatic carbocycles. The van der Waals surface area contributed by atoms with Crippen LogP contribution in [0.3, 0.4) is 0 Å².